The van der Waals surface area contributed by atoms with Gasteiger partial charge in [-0.3, -0.25) is 0 Å². The van der Waals surface area contributed by atoms with Gasteiger partial charge in [0.25, 0.3) is 0 Å². The molecule has 130 valence electrons. The molecule has 0 bridgehead atoms. The predicted octanol–water partition coefficient (Wildman–Crippen LogP) is 3.49. The minimum absolute atomic E-state index is 0.150. The first-order valence-electron chi connectivity index (χ1n) is 6.49. The standard InChI is InChI=1S/C14H17F3O5S/c1-8-6-10(22-23(19,20)14(15,16)17)7-9(2)11(8)12(18)21-13(3,4)5/h6-7H,1-5H3. The number of rotatable bonds is 3. The van der Waals surface area contributed by atoms with E-state index in [-0.39, 0.29) is 16.7 Å². The second-order valence-electron chi connectivity index (χ2n) is 5.92. The summed E-state index contributed by atoms with van der Waals surface area (Å²) >= 11 is 0. The Balaban J connectivity index is 3.19. The van der Waals surface area contributed by atoms with E-state index in [4.69, 9.17) is 4.74 Å². The molecule has 5 nitrogen and oxygen atoms in total. The summed E-state index contributed by atoms with van der Waals surface area (Å²) in [4.78, 5) is 12.1. The van der Waals surface area contributed by atoms with Crippen LogP contribution < -0.4 is 4.18 Å². The summed E-state index contributed by atoms with van der Waals surface area (Å²) in [6.07, 6.45) is 0. The number of ether oxygens (including phenoxy) is 1. The molecule has 0 aromatic heterocycles. The highest BCUT2D eigenvalue weighted by atomic mass is 32.2. The van der Waals surface area contributed by atoms with Crippen molar-refractivity contribution in [1.29, 1.82) is 0 Å². The van der Waals surface area contributed by atoms with Gasteiger partial charge in [0.2, 0.25) is 0 Å². The van der Waals surface area contributed by atoms with E-state index in [1.54, 1.807) is 20.8 Å². The van der Waals surface area contributed by atoms with Gasteiger partial charge in [-0.2, -0.15) is 21.6 Å². The van der Waals surface area contributed by atoms with Gasteiger partial charge in [-0.1, -0.05) is 0 Å². The number of halogens is 3. The summed E-state index contributed by atoms with van der Waals surface area (Å²) < 4.78 is 68.3. The first kappa shape index (κ1) is 19.3. The van der Waals surface area contributed by atoms with E-state index < -0.39 is 32.9 Å². The fourth-order valence-corrected chi connectivity index (χ4v) is 2.24. The van der Waals surface area contributed by atoms with Crippen molar-refractivity contribution in [3.05, 3.63) is 28.8 Å². The van der Waals surface area contributed by atoms with Crippen LogP contribution in [-0.4, -0.2) is 25.5 Å². The zero-order chi connectivity index (χ0) is 18.2. The molecule has 0 heterocycles. The van der Waals surface area contributed by atoms with Crippen LogP contribution in [0, 0.1) is 13.8 Å². The Kier molecular flexibility index (Phi) is 5.05. The summed E-state index contributed by atoms with van der Waals surface area (Å²) in [5, 5.41) is 0. The quantitative estimate of drug-likeness (QED) is 0.472. The van der Waals surface area contributed by atoms with Crippen LogP contribution in [0.15, 0.2) is 12.1 Å². The van der Waals surface area contributed by atoms with Crippen molar-refractivity contribution < 1.29 is 35.3 Å². The van der Waals surface area contributed by atoms with E-state index in [9.17, 15) is 26.4 Å². The molecule has 0 atom stereocenters. The lowest BCUT2D eigenvalue weighted by molar-refractivity contribution is -0.0500. The molecule has 0 amide bonds. The van der Waals surface area contributed by atoms with Gasteiger partial charge in [-0.05, 0) is 57.9 Å². The summed E-state index contributed by atoms with van der Waals surface area (Å²) in [7, 11) is -5.76. The van der Waals surface area contributed by atoms with Crippen molar-refractivity contribution in [3.63, 3.8) is 0 Å². The van der Waals surface area contributed by atoms with Crippen LogP contribution in [-0.2, 0) is 14.9 Å². The maximum atomic E-state index is 12.3. The van der Waals surface area contributed by atoms with E-state index in [0.29, 0.717) is 0 Å². The zero-order valence-corrected chi connectivity index (χ0v) is 14.1. The molecule has 0 fully saturated rings. The predicted molar refractivity (Wildman–Crippen MR) is 76.7 cm³/mol. The van der Waals surface area contributed by atoms with E-state index in [1.165, 1.54) is 13.8 Å². The second kappa shape index (κ2) is 6.03. The highest BCUT2D eigenvalue weighted by Gasteiger charge is 2.48. The molecule has 1 rings (SSSR count). The number of carbonyl (C=O) groups is 1. The van der Waals surface area contributed by atoms with Crippen molar-refractivity contribution in [1.82, 2.24) is 0 Å². The first-order valence-corrected chi connectivity index (χ1v) is 7.90. The summed E-state index contributed by atoms with van der Waals surface area (Å²) in [6, 6.07) is 2.07. The smallest absolute Gasteiger partial charge is 0.456 e. The molecule has 1 aromatic carbocycles. The molecule has 1 aromatic rings. The minimum atomic E-state index is -5.76. The number of esters is 1. The third-order valence-electron chi connectivity index (χ3n) is 2.60. The molecule has 0 aliphatic carbocycles. The lowest BCUT2D eigenvalue weighted by Crippen LogP contribution is -2.28. The van der Waals surface area contributed by atoms with Gasteiger partial charge in [0.05, 0.1) is 5.56 Å². The molecule has 0 N–H and O–H groups in total. The largest absolute Gasteiger partial charge is 0.534 e. The van der Waals surface area contributed by atoms with Crippen LogP contribution >= 0.6 is 0 Å². The SMILES string of the molecule is Cc1cc(OS(=O)(=O)C(F)(F)F)cc(C)c1C(=O)OC(C)(C)C. The fourth-order valence-electron chi connectivity index (χ4n) is 1.80. The van der Waals surface area contributed by atoms with Gasteiger partial charge in [0.15, 0.2) is 0 Å². The van der Waals surface area contributed by atoms with E-state index in [0.717, 1.165) is 12.1 Å². The normalized spacial score (nSPS) is 12.9. The van der Waals surface area contributed by atoms with Crippen molar-refractivity contribution >= 4 is 16.1 Å². The van der Waals surface area contributed by atoms with Gasteiger partial charge >= 0.3 is 21.6 Å². The third-order valence-corrected chi connectivity index (χ3v) is 3.58. The molecule has 0 spiro atoms. The van der Waals surface area contributed by atoms with E-state index in [2.05, 4.69) is 4.18 Å². The maximum Gasteiger partial charge on any atom is 0.534 e. The average Bonchev–Trinajstić information content (AvgIpc) is 2.22. The Morgan fingerprint density at radius 3 is 1.83 bits per heavy atom. The Bertz CT molecular complexity index is 692. The monoisotopic (exact) mass is 354 g/mol. The van der Waals surface area contributed by atoms with E-state index >= 15 is 0 Å². The van der Waals surface area contributed by atoms with Gasteiger partial charge in [0.1, 0.15) is 11.4 Å². The number of alkyl halides is 3. The number of aryl methyl sites for hydroxylation is 2. The molecular weight excluding hydrogens is 337 g/mol. The van der Waals surface area contributed by atoms with Crippen LogP contribution in [0.3, 0.4) is 0 Å². The highest BCUT2D eigenvalue weighted by Crippen LogP contribution is 2.30. The van der Waals surface area contributed by atoms with E-state index in [1.807, 2.05) is 0 Å². The molecule has 23 heavy (non-hydrogen) atoms. The maximum absolute atomic E-state index is 12.3. The van der Waals surface area contributed by atoms with Crippen LogP contribution in [0.4, 0.5) is 13.2 Å². The van der Waals surface area contributed by atoms with Gasteiger partial charge in [-0.25, -0.2) is 4.79 Å². The number of hydrogen-bond acceptors (Lipinski definition) is 5. The molecule has 0 saturated heterocycles. The summed E-state index contributed by atoms with van der Waals surface area (Å²) in [5.41, 5.74) is -5.64. The number of carbonyl (C=O) groups excluding carboxylic acids is 1. The zero-order valence-electron chi connectivity index (χ0n) is 13.2. The van der Waals surface area contributed by atoms with Crippen molar-refractivity contribution in [2.75, 3.05) is 0 Å². The molecule has 9 heteroatoms. The van der Waals surface area contributed by atoms with Crippen LogP contribution in [0.2, 0.25) is 0 Å². The molecule has 0 aliphatic heterocycles. The molecule has 0 saturated carbocycles. The lowest BCUT2D eigenvalue weighted by Gasteiger charge is -2.21. The van der Waals surface area contributed by atoms with Gasteiger partial charge < -0.3 is 8.92 Å². The van der Waals surface area contributed by atoms with Crippen molar-refractivity contribution in [3.8, 4) is 5.75 Å². The summed E-state index contributed by atoms with van der Waals surface area (Å²) in [6.45, 7) is 7.90. The average molecular weight is 354 g/mol. The Hall–Kier alpha value is -1.77. The second-order valence-corrected chi connectivity index (χ2v) is 7.45. The molecule has 0 aliphatic rings. The number of benzene rings is 1. The minimum Gasteiger partial charge on any atom is -0.456 e. The van der Waals surface area contributed by atoms with Crippen molar-refractivity contribution in [2.45, 2.75) is 45.7 Å². The number of hydrogen-bond donors (Lipinski definition) is 0. The fraction of sp³-hybridized carbons (Fsp3) is 0.500. The Morgan fingerprint density at radius 1 is 1.04 bits per heavy atom. The van der Waals surface area contributed by atoms with Crippen LogP contribution in [0.25, 0.3) is 0 Å². The Morgan fingerprint density at radius 2 is 1.48 bits per heavy atom. The Labute approximate surface area is 132 Å². The van der Waals surface area contributed by atoms with Crippen LogP contribution in [0.5, 0.6) is 5.75 Å². The third kappa shape index (κ3) is 4.85. The van der Waals surface area contributed by atoms with Crippen LogP contribution in [0.1, 0.15) is 42.3 Å². The first-order chi connectivity index (χ1) is 10.1. The lowest BCUT2D eigenvalue weighted by atomic mass is 10.0. The topological polar surface area (TPSA) is 69.7 Å². The molecular formula is C14H17F3O5S. The highest BCUT2D eigenvalue weighted by molar-refractivity contribution is 7.88. The summed E-state index contributed by atoms with van der Waals surface area (Å²) in [5.74, 6) is -1.18. The van der Waals surface area contributed by atoms with Crippen molar-refractivity contribution in [2.24, 2.45) is 0 Å². The molecule has 0 radical (unpaired) electrons. The molecule has 0 unspecified atom stereocenters. The van der Waals surface area contributed by atoms with Gasteiger partial charge in [0, 0.05) is 0 Å². The van der Waals surface area contributed by atoms with Gasteiger partial charge in [-0.15, -0.1) is 0 Å².